The van der Waals surface area contributed by atoms with E-state index in [1.54, 1.807) is 0 Å². The van der Waals surface area contributed by atoms with Crippen LogP contribution in [0, 0.1) is 6.92 Å². The molecule has 1 aromatic heterocycles. The minimum Gasteiger partial charge on any atom is -0.491 e. The highest BCUT2D eigenvalue weighted by atomic mass is 16.5. The van der Waals surface area contributed by atoms with E-state index < -0.39 is 0 Å². The maximum atomic E-state index is 12.2. The Bertz CT molecular complexity index is 1020. The summed E-state index contributed by atoms with van der Waals surface area (Å²) in [6, 6.07) is 17.5. The number of nitrogens with one attached hydrogen (secondary N) is 3. The van der Waals surface area contributed by atoms with Crippen molar-refractivity contribution in [1.82, 2.24) is 14.9 Å². The van der Waals surface area contributed by atoms with Gasteiger partial charge in [-0.2, -0.15) is 0 Å². The first-order chi connectivity index (χ1) is 16.1. The monoisotopic (exact) mass is 449 g/mol. The molecule has 0 aliphatic carbocycles. The molecule has 176 valence electrons. The number of para-hydroxylation sites is 2. The Balaban J connectivity index is 1.55. The van der Waals surface area contributed by atoms with Crippen LogP contribution < -0.4 is 20.7 Å². The fraction of sp³-hybridized carbons (Fsp3) is 0.385. The summed E-state index contributed by atoms with van der Waals surface area (Å²) in [6.07, 6.45) is 4.02. The Hall–Kier alpha value is -3.48. The molecular formula is C26H35N5O2. The molecule has 0 saturated carbocycles. The summed E-state index contributed by atoms with van der Waals surface area (Å²) >= 11 is 0. The van der Waals surface area contributed by atoms with Gasteiger partial charge >= 0.3 is 6.03 Å². The van der Waals surface area contributed by atoms with E-state index in [0.29, 0.717) is 24.6 Å². The Morgan fingerprint density at radius 1 is 1.03 bits per heavy atom. The smallest absolute Gasteiger partial charge is 0.319 e. The van der Waals surface area contributed by atoms with Gasteiger partial charge in [0.15, 0.2) is 0 Å². The molecule has 7 nitrogen and oxygen atoms in total. The summed E-state index contributed by atoms with van der Waals surface area (Å²) in [5, 5.41) is 8.99. The first-order valence-corrected chi connectivity index (χ1v) is 11.7. The van der Waals surface area contributed by atoms with Crippen molar-refractivity contribution in [2.45, 2.75) is 46.1 Å². The van der Waals surface area contributed by atoms with Crippen molar-refractivity contribution in [3.05, 3.63) is 60.3 Å². The van der Waals surface area contributed by atoms with Crippen molar-refractivity contribution in [3.63, 3.8) is 0 Å². The largest absolute Gasteiger partial charge is 0.491 e. The lowest BCUT2D eigenvalue weighted by Crippen LogP contribution is -2.29. The molecule has 0 spiro atoms. The van der Waals surface area contributed by atoms with Gasteiger partial charge in [-0.15, -0.1) is 0 Å². The quantitative estimate of drug-likeness (QED) is 0.311. The maximum absolute atomic E-state index is 12.2. The van der Waals surface area contributed by atoms with Gasteiger partial charge < -0.3 is 25.3 Å². The lowest BCUT2D eigenvalue weighted by atomic mass is 10.1. The van der Waals surface area contributed by atoms with E-state index in [-0.39, 0.29) is 6.03 Å². The molecule has 0 unspecified atom stereocenters. The number of amides is 2. The number of aromatic nitrogens is 2. The van der Waals surface area contributed by atoms with Crippen LogP contribution in [-0.4, -0.2) is 35.8 Å². The van der Waals surface area contributed by atoms with Gasteiger partial charge in [0.25, 0.3) is 0 Å². The number of hydrogen-bond acceptors (Lipinski definition) is 4. The van der Waals surface area contributed by atoms with Crippen molar-refractivity contribution >= 4 is 17.7 Å². The van der Waals surface area contributed by atoms with E-state index >= 15 is 0 Å². The van der Waals surface area contributed by atoms with Crippen LogP contribution in [0.3, 0.4) is 0 Å². The van der Waals surface area contributed by atoms with Crippen LogP contribution in [0.4, 0.5) is 16.4 Å². The van der Waals surface area contributed by atoms with Gasteiger partial charge in [-0.1, -0.05) is 62.2 Å². The number of benzene rings is 2. The number of carbonyl (C=O) groups is 1. The second-order valence-corrected chi connectivity index (χ2v) is 7.92. The van der Waals surface area contributed by atoms with Crippen molar-refractivity contribution in [1.29, 1.82) is 0 Å². The second kappa shape index (κ2) is 12.5. The van der Waals surface area contributed by atoms with E-state index in [2.05, 4.69) is 46.5 Å². The van der Waals surface area contributed by atoms with Crippen LogP contribution >= 0.6 is 0 Å². The van der Waals surface area contributed by atoms with Crippen molar-refractivity contribution < 1.29 is 9.53 Å². The Morgan fingerprint density at radius 2 is 1.79 bits per heavy atom. The summed E-state index contributed by atoms with van der Waals surface area (Å²) in [6.45, 7) is 6.21. The van der Waals surface area contributed by atoms with Crippen LogP contribution in [0.25, 0.3) is 11.3 Å². The van der Waals surface area contributed by atoms with E-state index in [1.165, 1.54) is 0 Å². The molecule has 0 radical (unpaired) electrons. The number of hydrogen-bond donors (Lipinski definition) is 3. The lowest BCUT2D eigenvalue weighted by molar-refractivity contribution is 0.251. The zero-order valence-electron chi connectivity index (χ0n) is 19.9. The van der Waals surface area contributed by atoms with Crippen molar-refractivity contribution in [2.24, 2.45) is 0 Å². The van der Waals surface area contributed by atoms with E-state index in [4.69, 9.17) is 9.72 Å². The Kier molecular flexibility index (Phi) is 9.18. The average Bonchev–Trinajstić information content (AvgIpc) is 3.16. The van der Waals surface area contributed by atoms with Crippen LogP contribution in [0.15, 0.2) is 54.6 Å². The molecule has 33 heavy (non-hydrogen) atoms. The summed E-state index contributed by atoms with van der Waals surface area (Å²) in [7, 11) is 1.89. The van der Waals surface area contributed by atoms with E-state index in [9.17, 15) is 4.79 Å². The van der Waals surface area contributed by atoms with Gasteiger partial charge in [0.1, 0.15) is 5.75 Å². The number of anilines is 2. The molecule has 0 fully saturated rings. The number of imidazole rings is 1. The third-order valence-corrected chi connectivity index (χ3v) is 5.48. The van der Waals surface area contributed by atoms with Crippen molar-refractivity contribution in [3.8, 4) is 17.0 Å². The maximum Gasteiger partial charge on any atom is 0.319 e. The van der Waals surface area contributed by atoms with Gasteiger partial charge in [-0.05, 0) is 31.9 Å². The molecule has 1 heterocycles. The average molecular weight is 450 g/mol. The van der Waals surface area contributed by atoms with Crippen LogP contribution in [0.1, 0.15) is 38.3 Å². The highest BCUT2D eigenvalue weighted by Gasteiger charge is 2.14. The molecule has 3 N–H and O–H groups in total. The number of carbonyl (C=O) groups excluding carboxylic acids is 1. The number of ether oxygens (including phenoxy) is 1. The molecular weight excluding hydrogens is 414 g/mol. The van der Waals surface area contributed by atoms with Crippen LogP contribution in [-0.2, 0) is 6.54 Å². The standard InChI is InChI=1S/C26H35N5O2/c1-4-5-11-17-28-26(32)29-22-15-9-10-16-23(22)33-19-12-18-31-20(2)24(30-25(31)27-3)21-13-7-6-8-14-21/h6-10,13-16H,4-5,11-12,17-19H2,1-3H3,(H,27,30)(H2,28,29,32). The molecule has 3 rings (SSSR count). The zero-order chi connectivity index (χ0) is 23.5. The molecule has 7 heteroatoms. The lowest BCUT2D eigenvalue weighted by Gasteiger charge is -2.14. The molecule has 2 amide bonds. The fourth-order valence-corrected chi connectivity index (χ4v) is 3.71. The SMILES string of the molecule is CCCCCNC(=O)Nc1ccccc1OCCCn1c(NC)nc(-c2ccccc2)c1C. The minimum atomic E-state index is -0.205. The third kappa shape index (κ3) is 6.75. The van der Waals surface area contributed by atoms with E-state index in [0.717, 1.165) is 55.1 Å². The summed E-state index contributed by atoms with van der Waals surface area (Å²) < 4.78 is 8.19. The molecule has 0 atom stereocenters. The molecule has 0 aliphatic rings. The highest BCUT2D eigenvalue weighted by molar-refractivity contribution is 5.90. The summed E-state index contributed by atoms with van der Waals surface area (Å²) in [5.74, 6) is 1.51. The fourth-order valence-electron chi connectivity index (χ4n) is 3.71. The Labute approximate surface area is 196 Å². The molecule has 3 aromatic rings. The predicted molar refractivity (Wildman–Crippen MR) is 135 cm³/mol. The topological polar surface area (TPSA) is 80.2 Å². The van der Waals surface area contributed by atoms with Crippen LogP contribution in [0.2, 0.25) is 0 Å². The molecule has 2 aromatic carbocycles. The molecule has 0 bridgehead atoms. The first-order valence-electron chi connectivity index (χ1n) is 11.7. The number of urea groups is 1. The van der Waals surface area contributed by atoms with Gasteiger partial charge in [-0.3, -0.25) is 0 Å². The van der Waals surface area contributed by atoms with Crippen molar-refractivity contribution in [2.75, 3.05) is 30.8 Å². The number of nitrogens with zero attached hydrogens (tertiary/aromatic N) is 2. The number of rotatable bonds is 12. The van der Waals surface area contributed by atoms with Gasteiger partial charge in [0.2, 0.25) is 5.95 Å². The van der Waals surface area contributed by atoms with E-state index in [1.807, 2.05) is 49.5 Å². The zero-order valence-corrected chi connectivity index (χ0v) is 19.9. The van der Waals surface area contributed by atoms with Crippen LogP contribution in [0.5, 0.6) is 5.75 Å². The first kappa shape index (κ1) is 24.2. The van der Waals surface area contributed by atoms with Gasteiger partial charge in [-0.25, -0.2) is 9.78 Å². The minimum absolute atomic E-state index is 0.205. The Morgan fingerprint density at radius 3 is 2.55 bits per heavy atom. The normalized spacial score (nSPS) is 10.6. The predicted octanol–water partition coefficient (Wildman–Crippen LogP) is 5.68. The second-order valence-electron chi connectivity index (χ2n) is 7.92. The number of unbranched alkanes of at least 4 members (excludes halogenated alkanes) is 2. The highest BCUT2D eigenvalue weighted by Crippen LogP contribution is 2.27. The molecule has 0 aliphatic heterocycles. The van der Waals surface area contributed by atoms with Gasteiger partial charge in [0.05, 0.1) is 18.0 Å². The molecule has 0 saturated heterocycles. The summed E-state index contributed by atoms with van der Waals surface area (Å²) in [5.41, 5.74) is 3.88. The summed E-state index contributed by atoms with van der Waals surface area (Å²) in [4.78, 5) is 16.9. The third-order valence-electron chi connectivity index (χ3n) is 5.48. The van der Waals surface area contributed by atoms with Gasteiger partial charge in [0, 0.05) is 31.4 Å².